The first kappa shape index (κ1) is 18.8. The van der Waals surface area contributed by atoms with Crippen molar-refractivity contribution in [2.45, 2.75) is 13.0 Å². The Bertz CT molecular complexity index is 1130. The minimum absolute atomic E-state index is 0.111. The monoisotopic (exact) mass is 417 g/mol. The molecule has 30 heavy (non-hydrogen) atoms. The summed E-state index contributed by atoms with van der Waals surface area (Å²) in [5.41, 5.74) is 3.22. The summed E-state index contributed by atoms with van der Waals surface area (Å²) >= 11 is 1.69. The van der Waals surface area contributed by atoms with Gasteiger partial charge in [0.15, 0.2) is 0 Å². The van der Waals surface area contributed by atoms with Crippen LogP contribution in [0.2, 0.25) is 0 Å². The van der Waals surface area contributed by atoms with Crippen molar-refractivity contribution in [1.82, 2.24) is 19.4 Å². The zero-order valence-corrected chi connectivity index (χ0v) is 17.5. The van der Waals surface area contributed by atoms with Gasteiger partial charge in [0.2, 0.25) is 5.95 Å². The third kappa shape index (κ3) is 3.68. The number of nitrogens with zero attached hydrogens (tertiary/aromatic N) is 5. The Morgan fingerprint density at radius 1 is 0.967 bits per heavy atom. The molecule has 1 amide bonds. The smallest absolute Gasteiger partial charge is 0.270 e. The average molecular weight is 418 g/mol. The highest BCUT2D eigenvalue weighted by Gasteiger charge is 2.26. The van der Waals surface area contributed by atoms with Gasteiger partial charge in [-0.05, 0) is 35.6 Å². The van der Waals surface area contributed by atoms with Crippen LogP contribution >= 0.6 is 11.3 Å². The quantitative estimate of drug-likeness (QED) is 0.497. The molecule has 1 fully saturated rings. The van der Waals surface area contributed by atoms with E-state index in [1.165, 1.54) is 10.3 Å². The Hall–Kier alpha value is -3.19. The first-order valence-electron chi connectivity index (χ1n) is 10.2. The lowest BCUT2D eigenvalue weighted by Crippen LogP contribution is -2.49. The maximum Gasteiger partial charge on any atom is 0.270 e. The largest absolute Gasteiger partial charge is 0.337 e. The number of benzene rings is 1. The molecule has 0 N–H and O–H groups in total. The molecule has 0 bridgehead atoms. The molecule has 0 spiro atoms. The van der Waals surface area contributed by atoms with Gasteiger partial charge in [0.1, 0.15) is 5.69 Å². The van der Waals surface area contributed by atoms with Crippen LogP contribution in [0, 0.1) is 0 Å². The normalized spacial score (nSPS) is 14.4. The third-order valence-corrected chi connectivity index (χ3v) is 6.46. The van der Waals surface area contributed by atoms with E-state index in [0.29, 0.717) is 13.1 Å². The van der Waals surface area contributed by atoms with Gasteiger partial charge in [-0.15, -0.1) is 11.3 Å². The highest BCUT2D eigenvalue weighted by Crippen LogP contribution is 2.27. The van der Waals surface area contributed by atoms with Gasteiger partial charge in [0.05, 0.1) is 10.2 Å². The van der Waals surface area contributed by atoms with Crippen LogP contribution in [0.1, 0.15) is 16.1 Å². The molecule has 7 heteroatoms. The van der Waals surface area contributed by atoms with E-state index in [-0.39, 0.29) is 5.91 Å². The molecule has 0 atom stereocenters. The number of rotatable bonds is 5. The maximum absolute atomic E-state index is 13.4. The molecule has 5 rings (SSSR count). The van der Waals surface area contributed by atoms with Crippen molar-refractivity contribution >= 4 is 33.4 Å². The van der Waals surface area contributed by atoms with E-state index in [0.717, 1.165) is 43.2 Å². The highest BCUT2D eigenvalue weighted by atomic mass is 32.1. The fourth-order valence-corrected chi connectivity index (χ4v) is 4.83. The van der Waals surface area contributed by atoms with Crippen molar-refractivity contribution < 1.29 is 4.79 Å². The summed E-state index contributed by atoms with van der Waals surface area (Å²) in [6.07, 6.45) is 4.41. The number of thiophene rings is 1. The van der Waals surface area contributed by atoms with Crippen LogP contribution in [0.25, 0.3) is 10.2 Å². The molecule has 1 aliphatic rings. The average Bonchev–Trinajstić information content (AvgIpc) is 3.40. The second-order valence-electron chi connectivity index (χ2n) is 7.41. The van der Waals surface area contributed by atoms with Crippen LogP contribution in [-0.2, 0) is 13.0 Å². The fourth-order valence-electron chi connectivity index (χ4n) is 4.01. The molecule has 1 saturated heterocycles. The molecular formula is C23H23N5OS. The summed E-state index contributed by atoms with van der Waals surface area (Å²) in [6, 6.07) is 16.4. The SMILES string of the molecule is O=C(c1cc2sccc2n1CCc1ccccc1)N1CCN(c2ncccn2)CC1. The number of amides is 1. The van der Waals surface area contributed by atoms with Gasteiger partial charge in [-0.3, -0.25) is 4.79 Å². The number of hydrogen-bond acceptors (Lipinski definition) is 5. The van der Waals surface area contributed by atoms with Crippen molar-refractivity contribution in [3.05, 3.63) is 77.6 Å². The van der Waals surface area contributed by atoms with Crippen molar-refractivity contribution in [3.63, 3.8) is 0 Å². The Kier molecular flexibility index (Phi) is 5.19. The Balaban J connectivity index is 1.33. The van der Waals surface area contributed by atoms with Crippen LogP contribution in [0.5, 0.6) is 0 Å². The molecule has 0 aliphatic carbocycles. The van der Waals surface area contributed by atoms with E-state index in [1.54, 1.807) is 23.7 Å². The lowest BCUT2D eigenvalue weighted by atomic mass is 10.1. The number of aryl methyl sites for hydroxylation is 2. The van der Waals surface area contributed by atoms with Gasteiger partial charge in [-0.25, -0.2) is 9.97 Å². The molecule has 0 saturated carbocycles. The van der Waals surface area contributed by atoms with Gasteiger partial charge >= 0.3 is 0 Å². The molecule has 3 aromatic heterocycles. The van der Waals surface area contributed by atoms with Crippen LogP contribution in [0.15, 0.2) is 66.3 Å². The second-order valence-corrected chi connectivity index (χ2v) is 8.36. The van der Waals surface area contributed by atoms with Gasteiger partial charge in [-0.1, -0.05) is 30.3 Å². The van der Waals surface area contributed by atoms with Crippen molar-refractivity contribution in [3.8, 4) is 0 Å². The number of piperazine rings is 1. The molecule has 4 aromatic rings. The van der Waals surface area contributed by atoms with E-state index in [9.17, 15) is 4.79 Å². The summed E-state index contributed by atoms with van der Waals surface area (Å²) < 4.78 is 3.36. The van der Waals surface area contributed by atoms with Gasteiger partial charge in [0, 0.05) is 45.1 Å². The van der Waals surface area contributed by atoms with E-state index in [1.807, 2.05) is 17.0 Å². The van der Waals surface area contributed by atoms with Crippen LogP contribution < -0.4 is 4.90 Å². The summed E-state index contributed by atoms with van der Waals surface area (Å²) in [5, 5.41) is 2.09. The molecule has 6 nitrogen and oxygen atoms in total. The minimum atomic E-state index is 0.111. The molecule has 0 unspecified atom stereocenters. The van der Waals surface area contributed by atoms with Gasteiger partial charge < -0.3 is 14.4 Å². The van der Waals surface area contributed by atoms with E-state index in [4.69, 9.17) is 0 Å². The number of carbonyl (C=O) groups excluding carboxylic acids is 1. The summed E-state index contributed by atoms with van der Waals surface area (Å²) in [4.78, 5) is 26.2. The zero-order chi connectivity index (χ0) is 20.3. The van der Waals surface area contributed by atoms with E-state index < -0.39 is 0 Å². The topological polar surface area (TPSA) is 54.3 Å². The van der Waals surface area contributed by atoms with Gasteiger partial charge in [0.25, 0.3) is 5.91 Å². The Morgan fingerprint density at radius 2 is 1.73 bits per heavy atom. The first-order chi connectivity index (χ1) is 14.8. The highest BCUT2D eigenvalue weighted by molar-refractivity contribution is 7.17. The molecule has 1 aliphatic heterocycles. The molecule has 4 heterocycles. The van der Waals surface area contributed by atoms with Crippen LogP contribution in [0.3, 0.4) is 0 Å². The number of hydrogen-bond donors (Lipinski definition) is 0. The molecule has 152 valence electrons. The lowest BCUT2D eigenvalue weighted by molar-refractivity contribution is 0.0735. The molecule has 0 radical (unpaired) electrons. The van der Waals surface area contributed by atoms with Crippen molar-refractivity contribution in [2.24, 2.45) is 0 Å². The fraction of sp³-hybridized carbons (Fsp3) is 0.261. The predicted octanol–water partition coefficient (Wildman–Crippen LogP) is 3.70. The Morgan fingerprint density at radius 3 is 2.50 bits per heavy atom. The minimum Gasteiger partial charge on any atom is -0.337 e. The van der Waals surface area contributed by atoms with Crippen LogP contribution in [-0.4, -0.2) is 51.5 Å². The number of fused-ring (bicyclic) bond motifs is 1. The molecular weight excluding hydrogens is 394 g/mol. The lowest BCUT2D eigenvalue weighted by Gasteiger charge is -2.34. The van der Waals surface area contributed by atoms with E-state index in [2.05, 4.69) is 61.2 Å². The summed E-state index contributed by atoms with van der Waals surface area (Å²) in [5.74, 6) is 0.844. The number of aromatic nitrogens is 3. The second kappa shape index (κ2) is 8.28. The maximum atomic E-state index is 13.4. The zero-order valence-electron chi connectivity index (χ0n) is 16.6. The third-order valence-electron chi connectivity index (χ3n) is 5.61. The molecule has 1 aromatic carbocycles. The van der Waals surface area contributed by atoms with Crippen molar-refractivity contribution in [1.29, 1.82) is 0 Å². The number of anilines is 1. The summed E-state index contributed by atoms with van der Waals surface area (Å²) in [6.45, 7) is 3.63. The Labute approximate surface area is 179 Å². The van der Waals surface area contributed by atoms with Crippen LogP contribution in [0.4, 0.5) is 5.95 Å². The van der Waals surface area contributed by atoms with Gasteiger partial charge in [-0.2, -0.15) is 0 Å². The summed E-state index contributed by atoms with van der Waals surface area (Å²) in [7, 11) is 0. The van der Waals surface area contributed by atoms with E-state index >= 15 is 0 Å². The first-order valence-corrected chi connectivity index (χ1v) is 11.1. The number of carbonyl (C=O) groups is 1. The van der Waals surface area contributed by atoms with Crippen molar-refractivity contribution in [2.75, 3.05) is 31.1 Å². The predicted molar refractivity (Wildman–Crippen MR) is 120 cm³/mol. The standard InChI is InChI=1S/C23H23N5OS/c29-22(26-12-14-27(15-13-26)23-24-9-4-10-25-23)20-17-21-19(8-16-30-21)28(20)11-7-18-5-2-1-3-6-18/h1-6,8-10,16-17H,7,11-15H2.